The van der Waals surface area contributed by atoms with Gasteiger partial charge >= 0.3 is 0 Å². The molecule has 18 heavy (non-hydrogen) atoms. The highest BCUT2D eigenvalue weighted by atomic mass is 35.5. The van der Waals surface area contributed by atoms with Crippen molar-refractivity contribution in [1.29, 1.82) is 0 Å². The molecule has 0 aliphatic carbocycles. The van der Waals surface area contributed by atoms with Crippen LogP contribution >= 0.6 is 11.6 Å². The van der Waals surface area contributed by atoms with E-state index in [1.807, 2.05) is 24.3 Å². The minimum atomic E-state index is 0.688. The zero-order chi connectivity index (χ0) is 12.5. The average molecular weight is 260 g/mol. The fourth-order valence-corrected chi connectivity index (χ4v) is 2.53. The zero-order valence-electron chi connectivity index (χ0n) is 9.95. The fourth-order valence-electron chi connectivity index (χ4n) is 2.36. The third-order valence-electron chi connectivity index (χ3n) is 3.24. The van der Waals surface area contributed by atoms with Crippen LogP contribution in [0.5, 0.6) is 5.75 Å². The Morgan fingerprint density at radius 3 is 2.89 bits per heavy atom. The Morgan fingerprint density at radius 2 is 2.00 bits per heavy atom. The Kier molecular flexibility index (Phi) is 2.88. The van der Waals surface area contributed by atoms with E-state index in [4.69, 9.17) is 22.1 Å². The summed E-state index contributed by atoms with van der Waals surface area (Å²) in [7, 11) is 0. The molecule has 0 radical (unpaired) electrons. The van der Waals surface area contributed by atoms with Crippen LogP contribution in [0.1, 0.15) is 12.0 Å². The number of nitrogens with two attached hydrogens (primary N) is 1. The lowest BCUT2D eigenvalue weighted by molar-refractivity contribution is 0.289. The van der Waals surface area contributed by atoms with Crippen LogP contribution < -0.4 is 10.5 Å². The molecule has 0 saturated heterocycles. The minimum absolute atomic E-state index is 0.688. The molecule has 0 atom stereocenters. The first-order chi connectivity index (χ1) is 8.75. The summed E-state index contributed by atoms with van der Waals surface area (Å²) in [5, 5.41) is 0.688. The molecule has 2 N–H and O–H groups in total. The van der Waals surface area contributed by atoms with Crippen LogP contribution in [-0.2, 0) is 6.42 Å². The third kappa shape index (κ3) is 1.93. The maximum absolute atomic E-state index is 6.05. The van der Waals surface area contributed by atoms with Gasteiger partial charge in [0.1, 0.15) is 5.75 Å². The molecular formula is C15H14ClNO. The van der Waals surface area contributed by atoms with Crippen molar-refractivity contribution in [2.75, 3.05) is 12.3 Å². The van der Waals surface area contributed by atoms with Crippen molar-refractivity contribution in [3.63, 3.8) is 0 Å². The number of halogens is 1. The molecule has 1 aliphatic rings. The molecule has 1 aliphatic heterocycles. The second kappa shape index (κ2) is 4.54. The summed E-state index contributed by atoms with van der Waals surface area (Å²) < 4.78 is 5.81. The molecule has 0 aromatic heterocycles. The van der Waals surface area contributed by atoms with Gasteiger partial charge in [0.05, 0.1) is 6.61 Å². The number of hydrogen-bond acceptors (Lipinski definition) is 2. The minimum Gasteiger partial charge on any atom is -0.493 e. The van der Waals surface area contributed by atoms with Crippen molar-refractivity contribution in [2.24, 2.45) is 0 Å². The summed E-state index contributed by atoms with van der Waals surface area (Å²) in [6.45, 7) is 0.768. The second-order valence-corrected chi connectivity index (χ2v) is 4.91. The Bertz CT molecular complexity index is 595. The smallest absolute Gasteiger partial charge is 0.130 e. The van der Waals surface area contributed by atoms with Crippen molar-refractivity contribution in [2.45, 2.75) is 12.8 Å². The third-order valence-corrected chi connectivity index (χ3v) is 3.47. The highest BCUT2D eigenvalue weighted by molar-refractivity contribution is 6.31. The van der Waals surface area contributed by atoms with Gasteiger partial charge in [0.15, 0.2) is 0 Å². The Hall–Kier alpha value is -1.67. The lowest BCUT2D eigenvalue weighted by Gasteiger charge is -2.21. The van der Waals surface area contributed by atoms with Crippen molar-refractivity contribution in [1.82, 2.24) is 0 Å². The molecule has 0 fully saturated rings. The fraction of sp³-hybridized carbons (Fsp3) is 0.200. The van der Waals surface area contributed by atoms with Gasteiger partial charge in [-0.3, -0.25) is 0 Å². The van der Waals surface area contributed by atoms with Crippen LogP contribution in [0.2, 0.25) is 5.02 Å². The molecule has 3 rings (SSSR count). The number of para-hydroxylation sites is 1. The van der Waals surface area contributed by atoms with E-state index in [2.05, 4.69) is 6.07 Å². The summed E-state index contributed by atoms with van der Waals surface area (Å²) >= 11 is 6.05. The lowest BCUT2D eigenvalue weighted by Crippen LogP contribution is -2.09. The molecule has 2 aromatic carbocycles. The van der Waals surface area contributed by atoms with Gasteiger partial charge in [-0.05, 0) is 36.6 Å². The van der Waals surface area contributed by atoms with Gasteiger partial charge in [-0.2, -0.15) is 0 Å². The van der Waals surface area contributed by atoms with Gasteiger partial charge in [-0.15, -0.1) is 0 Å². The van der Waals surface area contributed by atoms with E-state index in [9.17, 15) is 0 Å². The highest BCUT2D eigenvalue weighted by Crippen LogP contribution is 2.39. The summed E-state index contributed by atoms with van der Waals surface area (Å²) in [6.07, 6.45) is 2.13. The van der Waals surface area contributed by atoms with Gasteiger partial charge in [0.2, 0.25) is 0 Å². The summed E-state index contributed by atoms with van der Waals surface area (Å²) in [4.78, 5) is 0. The molecule has 92 valence electrons. The van der Waals surface area contributed by atoms with E-state index >= 15 is 0 Å². The largest absolute Gasteiger partial charge is 0.493 e. The van der Waals surface area contributed by atoms with Gasteiger partial charge in [0.25, 0.3) is 0 Å². The van der Waals surface area contributed by atoms with E-state index in [-0.39, 0.29) is 0 Å². The van der Waals surface area contributed by atoms with Gasteiger partial charge in [-0.1, -0.05) is 29.8 Å². The number of anilines is 1. The number of fused-ring (bicyclic) bond motifs is 1. The molecule has 0 saturated carbocycles. The molecule has 0 unspecified atom stereocenters. The normalized spacial score (nSPS) is 13.8. The summed E-state index contributed by atoms with van der Waals surface area (Å²) in [5.41, 5.74) is 9.99. The molecule has 2 nitrogen and oxygen atoms in total. The molecule has 2 aromatic rings. The Balaban J connectivity index is 2.19. The standard InChI is InChI=1S/C15H14ClNO/c16-11-6-7-14(17)13(9-11)12-5-1-3-10-4-2-8-18-15(10)12/h1,3,5-7,9H,2,4,8,17H2. The topological polar surface area (TPSA) is 35.2 Å². The number of ether oxygens (including phenoxy) is 1. The molecule has 0 bridgehead atoms. The van der Waals surface area contributed by atoms with Crippen LogP contribution in [0.25, 0.3) is 11.1 Å². The van der Waals surface area contributed by atoms with E-state index in [1.165, 1.54) is 5.56 Å². The van der Waals surface area contributed by atoms with Gasteiger partial charge in [-0.25, -0.2) is 0 Å². The van der Waals surface area contributed by atoms with Gasteiger partial charge in [0, 0.05) is 21.8 Å². The predicted molar refractivity (Wildman–Crippen MR) is 75.1 cm³/mol. The highest BCUT2D eigenvalue weighted by Gasteiger charge is 2.16. The second-order valence-electron chi connectivity index (χ2n) is 4.48. The van der Waals surface area contributed by atoms with E-state index in [0.29, 0.717) is 5.02 Å². The monoisotopic (exact) mass is 259 g/mol. The predicted octanol–water partition coefficient (Wildman–Crippen LogP) is 3.91. The lowest BCUT2D eigenvalue weighted by atomic mass is 9.97. The molecular weight excluding hydrogens is 246 g/mol. The molecule has 0 amide bonds. The maximum atomic E-state index is 6.05. The van der Waals surface area contributed by atoms with Crippen molar-refractivity contribution in [3.05, 3.63) is 47.0 Å². The SMILES string of the molecule is Nc1ccc(Cl)cc1-c1cccc2c1OCCC2. The molecule has 3 heteroatoms. The van der Waals surface area contributed by atoms with E-state index < -0.39 is 0 Å². The van der Waals surface area contributed by atoms with Crippen molar-refractivity contribution < 1.29 is 4.74 Å². The number of hydrogen-bond donors (Lipinski definition) is 1. The molecule has 1 heterocycles. The summed E-state index contributed by atoms with van der Waals surface area (Å²) in [5.74, 6) is 0.956. The first-order valence-electron chi connectivity index (χ1n) is 6.06. The quantitative estimate of drug-likeness (QED) is 0.788. The van der Waals surface area contributed by atoms with E-state index in [0.717, 1.165) is 42.0 Å². The van der Waals surface area contributed by atoms with Crippen molar-refractivity contribution in [3.8, 4) is 16.9 Å². The number of nitrogen functional groups attached to an aromatic ring is 1. The van der Waals surface area contributed by atoms with Crippen LogP contribution in [-0.4, -0.2) is 6.61 Å². The first kappa shape index (κ1) is 11.4. The Morgan fingerprint density at radius 1 is 1.11 bits per heavy atom. The average Bonchev–Trinajstić information content (AvgIpc) is 2.41. The number of aryl methyl sites for hydroxylation is 1. The summed E-state index contributed by atoms with van der Waals surface area (Å²) in [6, 6.07) is 11.7. The first-order valence-corrected chi connectivity index (χ1v) is 6.43. The zero-order valence-corrected chi connectivity index (χ0v) is 10.7. The van der Waals surface area contributed by atoms with Crippen LogP contribution in [0.15, 0.2) is 36.4 Å². The number of rotatable bonds is 1. The van der Waals surface area contributed by atoms with Crippen molar-refractivity contribution >= 4 is 17.3 Å². The maximum Gasteiger partial charge on any atom is 0.130 e. The number of benzene rings is 2. The van der Waals surface area contributed by atoms with E-state index in [1.54, 1.807) is 6.07 Å². The van der Waals surface area contributed by atoms with Crippen LogP contribution in [0.3, 0.4) is 0 Å². The van der Waals surface area contributed by atoms with Gasteiger partial charge < -0.3 is 10.5 Å². The Labute approximate surface area is 111 Å². The molecule has 0 spiro atoms. The van der Waals surface area contributed by atoms with Crippen LogP contribution in [0, 0.1) is 0 Å². The van der Waals surface area contributed by atoms with Crippen LogP contribution in [0.4, 0.5) is 5.69 Å².